The lowest BCUT2D eigenvalue weighted by atomic mass is 10.1. The zero-order valence-electron chi connectivity index (χ0n) is 16.1. The van der Waals surface area contributed by atoms with Gasteiger partial charge in [-0.2, -0.15) is 0 Å². The third-order valence-electron chi connectivity index (χ3n) is 4.31. The summed E-state index contributed by atoms with van der Waals surface area (Å²) in [5.41, 5.74) is 1.13. The van der Waals surface area contributed by atoms with Gasteiger partial charge in [-0.25, -0.2) is 0 Å². The highest BCUT2D eigenvalue weighted by Crippen LogP contribution is 2.10. The number of para-hydroxylation sites is 1. The van der Waals surface area contributed by atoms with Crippen LogP contribution in [0.5, 0.6) is 5.75 Å². The molecule has 5 nitrogen and oxygen atoms in total. The predicted molar refractivity (Wildman–Crippen MR) is 107 cm³/mol. The van der Waals surface area contributed by atoms with Crippen molar-refractivity contribution in [3.63, 3.8) is 0 Å². The topological polar surface area (TPSA) is 58.6 Å². The van der Waals surface area contributed by atoms with Crippen molar-refractivity contribution < 1.29 is 14.3 Å². The van der Waals surface area contributed by atoms with Crippen LogP contribution in [0, 0.1) is 0 Å². The Bertz CT molecular complexity index is 704. The molecule has 27 heavy (non-hydrogen) atoms. The molecule has 0 unspecified atom stereocenters. The lowest BCUT2D eigenvalue weighted by molar-refractivity contribution is -0.141. The highest BCUT2D eigenvalue weighted by Gasteiger charge is 2.25. The number of rotatable bonds is 10. The predicted octanol–water partition coefficient (Wildman–Crippen LogP) is 3.05. The highest BCUT2D eigenvalue weighted by molar-refractivity contribution is 5.87. The van der Waals surface area contributed by atoms with Gasteiger partial charge in [0, 0.05) is 13.1 Å². The van der Waals surface area contributed by atoms with Crippen molar-refractivity contribution in [2.45, 2.75) is 32.7 Å². The van der Waals surface area contributed by atoms with E-state index in [1.54, 1.807) is 24.0 Å². The maximum Gasteiger partial charge on any atom is 0.261 e. The number of nitrogens with one attached hydrogen (secondary N) is 1. The molecule has 5 heteroatoms. The Balaban J connectivity index is 2.02. The number of carbonyl (C=O) groups excluding carboxylic acids is 2. The summed E-state index contributed by atoms with van der Waals surface area (Å²) >= 11 is 0. The summed E-state index contributed by atoms with van der Waals surface area (Å²) in [7, 11) is 0. The maximum absolute atomic E-state index is 12.8. The van der Waals surface area contributed by atoms with E-state index in [4.69, 9.17) is 4.74 Å². The normalized spacial score (nSPS) is 11.5. The average Bonchev–Trinajstić information content (AvgIpc) is 2.72. The molecule has 0 bridgehead atoms. The Morgan fingerprint density at radius 1 is 1.04 bits per heavy atom. The van der Waals surface area contributed by atoms with Crippen LogP contribution in [-0.2, 0) is 16.0 Å². The molecule has 2 aromatic rings. The first kappa shape index (κ1) is 20.5. The second-order valence-corrected chi connectivity index (χ2v) is 6.39. The Morgan fingerprint density at radius 3 is 2.30 bits per heavy atom. The smallest absolute Gasteiger partial charge is 0.261 e. The third kappa shape index (κ3) is 6.77. The van der Waals surface area contributed by atoms with Crippen molar-refractivity contribution in [1.29, 1.82) is 0 Å². The number of carbonyl (C=O) groups is 2. The number of hydrogen-bond acceptors (Lipinski definition) is 3. The molecule has 1 atom stereocenters. The van der Waals surface area contributed by atoms with Crippen molar-refractivity contribution in [2.24, 2.45) is 0 Å². The zero-order valence-corrected chi connectivity index (χ0v) is 16.1. The molecule has 0 aromatic heterocycles. The van der Waals surface area contributed by atoms with Crippen LogP contribution in [0.15, 0.2) is 60.7 Å². The van der Waals surface area contributed by atoms with Gasteiger partial charge < -0.3 is 15.0 Å². The van der Waals surface area contributed by atoms with E-state index < -0.39 is 6.04 Å². The summed E-state index contributed by atoms with van der Waals surface area (Å²) in [5.74, 6) is 0.295. The van der Waals surface area contributed by atoms with Crippen LogP contribution in [0.25, 0.3) is 0 Å². The van der Waals surface area contributed by atoms with Gasteiger partial charge in [0.1, 0.15) is 11.8 Å². The zero-order chi connectivity index (χ0) is 19.5. The molecule has 0 heterocycles. The van der Waals surface area contributed by atoms with Crippen molar-refractivity contribution >= 4 is 11.8 Å². The van der Waals surface area contributed by atoms with Gasteiger partial charge in [-0.1, -0.05) is 55.5 Å². The Hall–Kier alpha value is -2.82. The number of benzene rings is 2. The van der Waals surface area contributed by atoms with Gasteiger partial charge in [0.2, 0.25) is 5.91 Å². The second kappa shape index (κ2) is 11.0. The summed E-state index contributed by atoms with van der Waals surface area (Å²) in [6, 6.07) is 18.6. The molecular weight excluding hydrogens is 340 g/mol. The SMILES string of the molecule is CCCNC(=O)[C@@H](C)N(CCc1ccccc1)C(=O)COc1ccccc1. The van der Waals surface area contributed by atoms with Crippen molar-refractivity contribution in [3.05, 3.63) is 66.2 Å². The Kier molecular flexibility index (Phi) is 8.36. The summed E-state index contributed by atoms with van der Waals surface area (Å²) in [6.45, 7) is 4.73. The van der Waals surface area contributed by atoms with Crippen LogP contribution in [-0.4, -0.2) is 42.5 Å². The fraction of sp³-hybridized carbons (Fsp3) is 0.364. The van der Waals surface area contributed by atoms with Gasteiger partial charge in [0.25, 0.3) is 5.91 Å². The van der Waals surface area contributed by atoms with E-state index in [1.807, 2.05) is 55.5 Å². The molecule has 0 radical (unpaired) electrons. The van der Waals surface area contributed by atoms with Gasteiger partial charge in [-0.3, -0.25) is 9.59 Å². The second-order valence-electron chi connectivity index (χ2n) is 6.39. The largest absolute Gasteiger partial charge is 0.484 e. The molecule has 0 spiro atoms. The van der Waals surface area contributed by atoms with Crippen LogP contribution in [0.4, 0.5) is 0 Å². The fourth-order valence-electron chi connectivity index (χ4n) is 2.71. The van der Waals surface area contributed by atoms with Crippen LogP contribution in [0.2, 0.25) is 0 Å². The molecule has 144 valence electrons. The lowest BCUT2D eigenvalue weighted by Crippen LogP contribution is -2.50. The van der Waals surface area contributed by atoms with E-state index >= 15 is 0 Å². The van der Waals surface area contributed by atoms with E-state index in [-0.39, 0.29) is 18.4 Å². The van der Waals surface area contributed by atoms with E-state index in [0.717, 1.165) is 12.0 Å². The van der Waals surface area contributed by atoms with Crippen molar-refractivity contribution in [3.8, 4) is 5.75 Å². The number of ether oxygens (including phenoxy) is 1. The van der Waals surface area contributed by atoms with E-state index in [1.165, 1.54) is 0 Å². The molecule has 0 fully saturated rings. The monoisotopic (exact) mass is 368 g/mol. The average molecular weight is 368 g/mol. The number of amides is 2. The molecule has 0 aliphatic carbocycles. The summed E-state index contributed by atoms with van der Waals surface area (Å²) < 4.78 is 5.59. The van der Waals surface area contributed by atoms with Crippen LogP contribution >= 0.6 is 0 Å². The van der Waals surface area contributed by atoms with Gasteiger partial charge >= 0.3 is 0 Å². The molecule has 0 aliphatic heterocycles. The molecule has 2 rings (SSSR count). The maximum atomic E-state index is 12.8. The summed E-state index contributed by atoms with van der Waals surface area (Å²) in [4.78, 5) is 26.8. The summed E-state index contributed by atoms with van der Waals surface area (Å²) in [6.07, 6.45) is 1.54. The van der Waals surface area contributed by atoms with E-state index in [0.29, 0.717) is 25.3 Å². The Labute approximate surface area is 161 Å². The molecule has 2 aromatic carbocycles. The number of hydrogen-bond donors (Lipinski definition) is 1. The van der Waals surface area contributed by atoms with Crippen molar-refractivity contribution in [2.75, 3.05) is 19.7 Å². The minimum atomic E-state index is -0.549. The molecular formula is C22H28N2O3. The first-order chi connectivity index (χ1) is 13.1. The van der Waals surface area contributed by atoms with Gasteiger partial charge in [0.15, 0.2) is 6.61 Å². The first-order valence-corrected chi connectivity index (χ1v) is 9.40. The van der Waals surface area contributed by atoms with E-state index in [9.17, 15) is 9.59 Å². The molecule has 2 amide bonds. The molecule has 1 N–H and O–H groups in total. The van der Waals surface area contributed by atoms with Gasteiger partial charge in [-0.05, 0) is 37.5 Å². The number of nitrogens with zero attached hydrogens (tertiary/aromatic N) is 1. The minimum Gasteiger partial charge on any atom is -0.484 e. The minimum absolute atomic E-state index is 0.0931. The summed E-state index contributed by atoms with van der Waals surface area (Å²) in [5, 5.41) is 2.87. The molecule has 0 saturated carbocycles. The van der Waals surface area contributed by atoms with E-state index in [2.05, 4.69) is 5.32 Å². The molecule has 0 aliphatic rings. The van der Waals surface area contributed by atoms with Gasteiger partial charge in [-0.15, -0.1) is 0 Å². The Morgan fingerprint density at radius 2 is 1.67 bits per heavy atom. The highest BCUT2D eigenvalue weighted by atomic mass is 16.5. The fourth-order valence-corrected chi connectivity index (χ4v) is 2.71. The van der Waals surface area contributed by atoms with Gasteiger partial charge in [0.05, 0.1) is 0 Å². The quantitative estimate of drug-likeness (QED) is 0.701. The van der Waals surface area contributed by atoms with Crippen LogP contribution in [0.1, 0.15) is 25.8 Å². The first-order valence-electron chi connectivity index (χ1n) is 9.40. The third-order valence-corrected chi connectivity index (χ3v) is 4.31. The van der Waals surface area contributed by atoms with Crippen LogP contribution < -0.4 is 10.1 Å². The molecule has 0 saturated heterocycles. The lowest BCUT2D eigenvalue weighted by Gasteiger charge is -2.28. The van der Waals surface area contributed by atoms with Crippen molar-refractivity contribution in [1.82, 2.24) is 10.2 Å². The van der Waals surface area contributed by atoms with Crippen LogP contribution in [0.3, 0.4) is 0 Å². The standard InChI is InChI=1S/C22H28N2O3/c1-3-15-23-22(26)18(2)24(16-14-19-10-6-4-7-11-19)21(25)17-27-20-12-8-5-9-13-20/h4-13,18H,3,14-17H2,1-2H3,(H,23,26)/t18-/m1/s1.